The molecule has 1 fully saturated rings. The number of likely N-dealkylation sites (tertiary alicyclic amines) is 1. The zero-order valence-electron chi connectivity index (χ0n) is 14.0. The van der Waals surface area contributed by atoms with E-state index in [1.54, 1.807) is 10.3 Å². The number of piperidine rings is 1. The van der Waals surface area contributed by atoms with Crippen molar-refractivity contribution in [3.8, 4) is 0 Å². The molecule has 0 atom stereocenters. The van der Waals surface area contributed by atoms with E-state index in [1.165, 1.54) is 18.3 Å². The minimum atomic E-state index is -4.51. The van der Waals surface area contributed by atoms with Crippen LogP contribution in [0.25, 0.3) is 0 Å². The first kappa shape index (κ1) is 18.6. The average Bonchev–Trinajstić information content (AvgIpc) is 3.24. The Labute approximate surface area is 151 Å². The van der Waals surface area contributed by atoms with Gasteiger partial charge in [0.1, 0.15) is 12.2 Å². The first-order chi connectivity index (χ1) is 12.2. The highest BCUT2D eigenvalue weighted by Gasteiger charge is 2.34. The van der Waals surface area contributed by atoms with Crippen LogP contribution in [-0.4, -0.2) is 44.4 Å². The van der Waals surface area contributed by atoms with Crippen LogP contribution >= 0.6 is 11.3 Å². The number of ketones is 1. The zero-order valence-corrected chi connectivity index (χ0v) is 14.8. The van der Waals surface area contributed by atoms with Gasteiger partial charge in [-0.05, 0) is 18.9 Å². The van der Waals surface area contributed by atoms with Crippen molar-refractivity contribution in [1.82, 2.24) is 19.7 Å². The second-order valence-corrected chi connectivity index (χ2v) is 7.07. The summed E-state index contributed by atoms with van der Waals surface area (Å²) in [6.07, 6.45) is -1.93. The van der Waals surface area contributed by atoms with Crippen LogP contribution in [0.1, 0.15) is 46.9 Å². The minimum Gasteiger partial charge on any atom is -0.341 e. The molecule has 0 saturated carbocycles. The average molecular weight is 386 g/mol. The molecular formula is C16H17F3N4O2S. The van der Waals surface area contributed by atoms with Gasteiger partial charge in [0.15, 0.2) is 11.5 Å². The van der Waals surface area contributed by atoms with E-state index in [2.05, 4.69) is 10.1 Å². The van der Waals surface area contributed by atoms with Crippen LogP contribution in [0.5, 0.6) is 0 Å². The number of thiazole rings is 1. The molecule has 26 heavy (non-hydrogen) atoms. The minimum absolute atomic E-state index is 0.0717. The number of Topliss-reactive ketones (excluding diaryl/α,β-unsaturated/α-hetero) is 1. The van der Waals surface area contributed by atoms with Gasteiger partial charge >= 0.3 is 6.18 Å². The van der Waals surface area contributed by atoms with Crippen molar-refractivity contribution >= 4 is 23.0 Å². The molecule has 6 nitrogen and oxygen atoms in total. The first-order valence-corrected chi connectivity index (χ1v) is 8.97. The van der Waals surface area contributed by atoms with E-state index in [0.717, 1.165) is 22.0 Å². The molecule has 2 aromatic rings. The molecule has 0 bridgehead atoms. The summed E-state index contributed by atoms with van der Waals surface area (Å²) >= 11 is 1.45. The third kappa shape index (κ3) is 4.12. The summed E-state index contributed by atoms with van der Waals surface area (Å²) in [5.74, 6) is -0.139. The lowest BCUT2D eigenvalue weighted by atomic mass is 9.97. The van der Waals surface area contributed by atoms with Crippen LogP contribution in [-0.2, 0) is 17.5 Å². The molecule has 2 aromatic heterocycles. The van der Waals surface area contributed by atoms with Crippen molar-refractivity contribution in [3.05, 3.63) is 34.0 Å². The van der Waals surface area contributed by atoms with Crippen molar-refractivity contribution in [2.75, 3.05) is 13.1 Å². The SMILES string of the molecule is CC(=O)c1csc(C2CCN(C(=O)Cn3ccc(C(F)(F)F)n3)CC2)n1. The molecule has 0 aliphatic carbocycles. The highest BCUT2D eigenvalue weighted by Crippen LogP contribution is 2.31. The van der Waals surface area contributed by atoms with Crippen LogP contribution in [0.15, 0.2) is 17.6 Å². The van der Waals surface area contributed by atoms with Gasteiger partial charge in [-0.2, -0.15) is 18.3 Å². The smallest absolute Gasteiger partial charge is 0.341 e. The lowest BCUT2D eigenvalue weighted by molar-refractivity contribution is -0.142. The van der Waals surface area contributed by atoms with Gasteiger partial charge in [0.05, 0.1) is 5.01 Å². The molecule has 10 heteroatoms. The topological polar surface area (TPSA) is 68.1 Å². The fourth-order valence-electron chi connectivity index (χ4n) is 2.85. The van der Waals surface area contributed by atoms with Crippen LogP contribution < -0.4 is 0 Å². The van der Waals surface area contributed by atoms with E-state index in [9.17, 15) is 22.8 Å². The number of aromatic nitrogens is 3. The van der Waals surface area contributed by atoms with E-state index in [-0.39, 0.29) is 24.2 Å². The van der Waals surface area contributed by atoms with E-state index in [4.69, 9.17) is 0 Å². The van der Waals surface area contributed by atoms with E-state index < -0.39 is 11.9 Å². The molecule has 1 aliphatic rings. The molecular weight excluding hydrogens is 369 g/mol. The first-order valence-electron chi connectivity index (χ1n) is 8.09. The third-order valence-electron chi connectivity index (χ3n) is 4.31. The summed E-state index contributed by atoms with van der Waals surface area (Å²) in [5, 5.41) is 6.04. The van der Waals surface area contributed by atoms with Crippen molar-refractivity contribution < 1.29 is 22.8 Å². The monoisotopic (exact) mass is 386 g/mol. The summed E-state index contributed by atoms with van der Waals surface area (Å²) in [6, 6.07) is 0.856. The fourth-order valence-corrected chi connectivity index (χ4v) is 3.88. The predicted molar refractivity (Wildman–Crippen MR) is 87.9 cm³/mol. The van der Waals surface area contributed by atoms with Crippen LogP contribution in [0.2, 0.25) is 0 Å². The van der Waals surface area contributed by atoms with Gasteiger partial charge in [-0.1, -0.05) is 0 Å². The normalized spacial score (nSPS) is 16.1. The number of amides is 1. The second-order valence-electron chi connectivity index (χ2n) is 6.18. The Bertz CT molecular complexity index is 807. The molecule has 0 spiro atoms. The van der Waals surface area contributed by atoms with Crippen molar-refractivity contribution in [3.63, 3.8) is 0 Å². The lowest BCUT2D eigenvalue weighted by Crippen LogP contribution is -2.39. The van der Waals surface area contributed by atoms with Crippen molar-refractivity contribution in [2.24, 2.45) is 0 Å². The Morgan fingerprint density at radius 3 is 2.54 bits per heavy atom. The molecule has 0 N–H and O–H groups in total. The van der Waals surface area contributed by atoms with Crippen LogP contribution in [0, 0.1) is 0 Å². The van der Waals surface area contributed by atoms with Gasteiger partial charge in [-0.15, -0.1) is 11.3 Å². The van der Waals surface area contributed by atoms with Crippen LogP contribution in [0.3, 0.4) is 0 Å². The Kier molecular flexibility index (Phi) is 5.12. The third-order valence-corrected chi connectivity index (χ3v) is 5.32. The van der Waals surface area contributed by atoms with Crippen LogP contribution in [0.4, 0.5) is 13.2 Å². The molecule has 1 aliphatic heterocycles. The zero-order chi connectivity index (χ0) is 18.9. The van der Waals surface area contributed by atoms with Gasteiger partial charge in [0, 0.05) is 37.5 Å². The Balaban J connectivity index is 1.55. The molecule has 3 heterocycles. The molecule has 1 amide bonds. The quantitative estimate of drug-likeness (QED) is 0.758. The molecule has 140 valence electrons. The summed E-state index contributed by atoms with van der Waals surface area (Å²) in [7, 11) is 0. The molecule has 0 aromatic carbocycles. The van der Waals surface area contributed by atoms with Gasteiger partial charge in [0.2, 0.25) is 5.91 Å². The van der Waals surface area contributed by atoms with Gasteiger partial charge < -0.3 is 4.90 Å². The molecule has 0 radical (unpaired) electrons. The summed E-state index contributed by atoms with van der Waals surface area (Å²) in [5.41, 5.74) is -0.545. The van der Waals surface area contributed by atoms with Gasteiger partial charge in [-0.25, -0.2) is 4.98 Å². The number of halogens is 3. The Hall–Kier alpha value is -2.23. The summed E-state index contributed by atoms with van der Waals surface area (Å²) < 4.78 is 38.7. The number of alkyl halides is 3. The summed E-state index contributed by atoms with van der Waals surface area (Å²) in [4.78, 5) is 29.6. The van der Waals surface area contributed by atoms with E-state index in [1.807, 2.05) is 0 Å². The number of carbonyl (C=O) groups excluding carboxylic acids is 2. The Morgan fingerprint density at radius 1 is 1.31 bits per heavy atom. The summed E-state index contributed by atoms with van der Waals surface area (Å²) in [6.45, 7) is 2.27. The number of carbonyl (C=O) groups is 2. The number of nitrogens with zero attached hydrogens (tertiary/aromatic N) is 4. The molecule has 1 saturated heterocycles. The standard InChI is InChI=1S/C16H17F3N4O2S/c1-10(24)12-9-26-15(20-12)11-2-5-22(6-3-11)14(25)8-23-7-4-13(21-23)16(17,18)19/h4,7,9,11H,2-3,5-6,8H2,1H3. The number of rotatable bonds is 4. The largest absolute Gasteiger partial charge is 0.435 e. The molecule has 0 unspecified atom stereocenters. The highest BCUT2D eigenvalue weighted by molar-refractivity contribution is 7.09. The molecule has 3 rings (SSSR count). The van der Waals surface area contributed by atoms with Gasteiger partial charge in [-0.3, -0.25) is 14.3 Å². The highest BCUT2D eigenvalue weighted by atomic mass is 32.1. The second kappa shape index (κ2) is 7.18. The van der Waals surface area contributed by atoms with E-state index in [0.29, 0.717) is 31.6 Å². The lowest BCUT2D eigenvalue weighted by Gasteiger charge is -2.31. The number of hydrogen-bond acceptors (Lipinski definition) is 5. The maximum Gasteiger partial charge on any atom is 0.435 e. The van der Waals surface area contributed by atoms with Crippen molar-refractivity contribution in [1.29, 1.82) is 0 Å². The number of hydrogen-bond donors (Lipinski definition) is 0. The Morgan fingerprint density at radius 2 is 2.00 bits per heavy atom. The predicted octanol–water partition coefficient (Wildman–Crippen LogP) is 2.97. The van der Waals surface area contributed by atoms with Crippen molar-refractivity contribution in [2.45, 2.75) is 38.4 Å². The van der Waals surface area contributed by atoms with Gasteiger partial charge in [0.25, 0.3) is 0 Å². The maximum atomic E-state index is 12.6. The fraction of sp³-hybridized carbons (Fsp3) is 0.500. The maximum absolute atomic E-state index is 12.6. The van der Waals surface area contributed by atoms with E-state index >= 15 is 0 Å².